The van der Waals surface area contributed by atoms with E-state index in [9.17, 15) is 4.79 Å². The van der Waals surface area contributed by atoms with Crippen molar-refractivity contribution in [3.8, 4) is 5.75 Å². The van der Waals surface area contributed by atoms with Crippen LogP contribution < -0.4 is 15.4 Å². The van der Waals surface area contributed by atoms with Crippen molar-refractivity contribution in [2.45, 2.75) is 13.3 Å². The Kier molecular flexibility index (Phi) is 6.85. The highest BCUT2D eigenvalue weighted by Gasteiger charge is 2.09. The molecule has 2 aromatic rings. The van der Waals surface area contributed by atoms with E-state index in [1.807, 2.05) is 6.92 Å². The molecule has 0 spiro atoms. The minimum Gasteiger partial charge on any atom is -0.494 e. The van der Waals surface area contributed by atoms with Gasteiger partial charge < -0.3 is 10.1 Å². The Balaban J connectivity index is 1.94. The maximum Gasteiger partial charge on any atom is 0.257 e. The topological polar surface area (TPSA) is 50.4 Å². The fraction of sp³-hybridized carbons (Fsp3) is 0.176. The molecule has 0 saturated carbocycles. The highest BCUT2D eigenvalue weighted by Crippen LogP contribution is 2.25. The summed E-state index contributed by atoms with van der Waals surface area (Å²) in [6.45, 7) is 2.67. The number of halogens is 2. The molecule has 0 atom stereocenters. The van der Waals surface area contributed by atoms with Crippen LogP contribution in [0.1, 0.15) is 23.7 Å². The van der Waals surface area contributed by atoms with Gasteiger partial charge in [-0.05, 0) is 61.1 Å². The molecule has 2 N–H and O–H groups in total. The molecular weight excluding hydrogens is 367 g/mol. The second kappa shape index (κ2) is 8.87. The summed E-state index contributed by atoms with van der Waals surface area (Å²) in [5.41, 5.74) is 1.04. The molecule has 0 bridgehead atoms. The van der Waals surface area contributed by atoms with Crippen molar-refractivity contribution in [2.24, 2.45) is 0 Å². The zero-order valence-electron chi connectivity index (χ0n) is 12.9. The molecule has 0 fully saturated rings. The van der Waals surface area contributed by atoms with Gasteiger partial charge in [0.1, 0.15) is 5.75 Å². The number of thiocarbonyl (C=S) groups is 1. The van der Waals surface area contributed by atoms with Crippen LogP contribution in [0.15, 0.2) is 42.5 Å². The molecule has 1 amide bonds. The van der Waals surface area contributed by atoms with E-state index >= 15 is 0 Å². The third-order valence-corrected chi connectivity index (χ3v) is 3.75. The number of rotatable bonds is 5. The van der Waals surface area contributed by atoms with Crippen LogP contribution in [0.25, 0.3) is 0 Å². The van der Waals surface area contributed by atoms with Gasteiger partial charge >= 0.3 is 0 Å². The minimum atomic E-state index is -0.320. The van der Waals surface area contributed by atoms with Crippen molar-refractivity contribution in [1.82, 2.24) is 5.32 Å². The Hall–Kier alpha value is -1.82. The summed E-state index contributed by atoms with van der Waals surface area (Å²) < 4.78 is 5.48. The number of hydrogen-bond donors (Lipinski definition) is 2. The number of carbonyl (C=O) groups is 1. The van der Waals surface area contributed by atoms with Crippen LogP contribution in [0.2, 0.25) is 10.0 Å². The van der Waals surface area contributed by atoms with Gasteiger partial charge in [-0.15, -0.1) is 0 Å². The van der Waals surface area contributed by atoms with E-state index in [1.165, 1.54) is 0 Å². The van der Waals surface area contributed by atoms with E-state index in [4.69, 9.17) is 40.2 Å². The van der Waals surface area contributed by atoms with Gasteiger partial charge in [0.15, 0.2) is 5.11 Å². The van der Waals surface area contributed by atoms with Crippen LogP contribution in [0.4, 0.5) is 5.69 Å². The standard InChI is InChI=1S/C17H16Cl2N2O2S/c1-2-9-23-13-6-3-11(4-7-13)16(22)21-17(24)20-15-8-5-12(18)10-14(15)19/h3-8,10H,2,9H2,1H3,(H2,20,21,22,24). The molecule has 0 heterocycles. The molecule has 0 radical (unpaired) electrons. The zero-order valence-corrected chi connectivity index (χ0v) is 15.3. The van der Waals surface area contributed by atoms with Crippen molar-refractivity contribution in [2.75, 3.05) is 11.9 Å². The smallest absolute Gasteiger partial charge is 0.257 e. The Bertz CT molecular complexity index is 736. The number of anilines is 1. The number of hydrogen-bond acceptors (Lipinski definition) is 3. The van der Waals surface area contributed by atoms with Crippen LogP contribution >= 0.6 is 35.4 Å². The summed E-state index contributed by atoms with van der Waals surface area (Å²) >= 11 is 17.0. The lowest BCUT2D eigenvalue weighted by molar-refractivity contribution is 0.0977. The van der Waals surface area contributed by atoms with Gasteiger partial charge in [-0.2, -0.15) is 0 Å². The lowest BCUT2D eigenvalue weighted by Crippen LogP contribution is -2.34. The van der Waals surface area contributed by atoms with Gasteiger partial charge in [0.2, 0.25) is 0 Å². The van der Waals surface area contributed by atoms with E-state index in [0.717, 1.165) is 12.2 Å². The molecule has 126 valence electrons. The number of ether oxygens (including phenoxy) is 1. The molecule has 0 aliphatic rings. The first-order valence-electron chi connectivity index (χ1n) is 7.30. The molecule has 4 nitrogen and oxygen atoms in total. The van der Waals surface area contributed by atoms with Crippen LogP contribution in [-0.4, -0.2) is 17.6 Å². The average molecular weight is 383 g/mol. The van der Waals surface area contributed by atoms with Crippen LogP contribution in [-0.2, 0) is 0 Å². The summed E-state index contributed by atoms with van der Waals surface area (Å²) in [7, 11) is 0. The summed E-state index contributed by atoms with van der Waals surface area (Å²) in [6, 6.07) is 11.8. The van der Waals surface area contributed by atoms with Crippen molar-refractivity contribution in [1.29, 1.82) is 0 Å². The predicted octanol–water partition coefficient (Wildman–Crippen LogP) is 4.91. The van der Waals surface area contributed by atoms with Gasteiger partial charge in [-0.3, -0.25) is 10.1 Å². The number of carbonyl (C=O) groups excluding carboxylic acids is 1. The molecular formula is C17H16Cl2N2O2S. The van der Waals surface area contributed by atoms with Gasteiger partial charge in [-0.1, -0.05) is 30.1 Å². The number of amides is 1. The third kappa shape index (κ3) is 5.37. The second-order valence-corrected chi connectivity index (χ2v) is 6.16. The van der Waals surface area contributed by atoms with E-state index in [2.05, 4.69) is 10.6 Å². The summed E-state index contributed by atoms with van der Waals surface area (Å²) in [5.74, 6) is 0.404. The van der Waals surface area contributed by atoms with Crippen molar-refractivity contribution in [3.05, 3.63) is 58.1 Å². The second-order valence-electron chi connectivity index (χ2n) is 4.91. The lowest BCUT2D eigenvalue weighted by Gasteiger charge is -2.11. The molecule has 24 heavy (non-hydrogen) atoms. The molecule has 0 aliphatic carbocycles. The van der Waals surface area contributed by atoms with E-state index < -0.39 is 0 Å². The Morgan fingerprint density at radius 2 is 1.88 bits per heavy atom. The Morgan fingerprint density at radius 3 is 2.50 bits per heavy atom. The fourth-order valence-electron chi connectivity index (χ4n) is 1.84. The molecule has 2 rings (SSSR count). The van der Waals surface area contributed by atoms with Crippen molar-refractivity contribution >= 4 is 52.1 Å². The number of nitrogens with one attached hydrogen (secondary N) is 2. The van der Waals surface area contributed by atoms with E-state index in [-0.39, 0.29) is 11.0 Å². The maximum absolute atomic E-state index is 12.2. The van der Waals surface area contributed by atoms with Crippen LogP contribution in [0.5, 0.6) is 5.75 Å². The summed E-state index contributed by atoms with van der Waals surface area (Å²) in [6.07, 6.45) is 0.926. The first-order valence-corrected chi connectivity index (χ1v) is 8.46. The zero-order chi connectivity index (χ0) is 17.5. The van der Waals surface area contributed by atoms with Crippen LogP contribution in [0, 0.1) is 0 Å². The molecule has 7 heteroatoms. The average Bonchev–Trinajstić information content (AvgIpc) is 2.56. The van der Waals surface area contributed by atoms with E-state index in [0.29, 0.717) is 27.9 Å². The monoisotopic (exact) mass is 382 g/mol. The molecule has 0 unspecified atom stereocenters. The van der Waals surface area contributed by atoms with E-state index in [1.54, 1.807) is 42.5 Å². The lowest BCUT2D eigenvalue weighted by atomic mass is 10.2. The highest BCUT2D eigenvalue weighted by atomic mass is 35.5. The summed E-state index contributed by atoms with van der Waals surface area (Å²) in [5, 5.41) is 6.54. The largest absolute Gasteiger partial charge is 0.494 e. The van der Waals surface area contributed by atoms with Gasteiger partial charge in [-0.25, -0.2) is 0 Å². The predicted molar refractivity (Wildman–Crippen MR) is 102 cm³/mol. The quantitative estimate of drug-likeness (QED) is 0.721. The van der Waals surface area contributed by atoms with Crippen molar-refractivity contribution in [3.63, 3.8) is 0 Å². The van der Waals surface area contributed by atoms with Gasteiger partial charge in [0, 0.05) is 10.6 Å². The number of benzene rings is 2. The third-order valence-electron chi connectivity index (χ3n) is 3.00. The first kappa shape index (κ1) is 18.5. The molecule has 2 aromatic carbocycles. The molecule has 0 saturated heterocycles. The van der Waals surface area contributed by atoms with Gasteiger partial charge in [0.25, 0.3) is 5.91 Å². The van der Waals surface area contributed by atoms with Gasteiger partial charge in [0.05, 0.1) is 17.3 Å². The normalized spacial score (nSPS) is 10.1. The van der Waals surface area contributed by atoms with Crippen LogP contribution in [0.3, 0.4) is 0 Å². The van der Waals surface area contributed by atoms with Crippen molar-refractivity contribution < 1.29 is 9.53 Å². The molecule has 0 aliphatic heterocycles. The first-order chi connectivity index (χ1) is 11.5. The SMILES string of the molecule is CCCOc1ccc(C(=O)NC(=S)Nc2ccc(Cl)cc2Cl)cc1. The minimum absolute atomic E-state index is 0.149. The maximum atomic E-state index is 12.2. The Morgan fingerprint density at radius 1 is 1.17 bits per heavy atom. The fourth-order valence-corrected chi connectivity index (χ4v) is 2.50. The molecule has 0 aromatic heterocycles. The highest BCUT2D eigenvalue weighted by molar-refractivity contribution is 7.80. The summed E-state index contributed by atoms with van der Waals surface area (Å²) in [4.78, 5) is 12.2. The Labute approximate surface area is 156 Å².